The van der Waals surface area contributed by atoms with Crippen molar-refractivity contribution in [2.75, 3.05) is 165 Å². The van der Waals surface area contributed by atoms with E-state index in [0.717, 1.165) is 16.7 Å². The first-order chi connectivity index (χ1) is 43.1. The molecule has 3 aromatic rings. The molecule has 0 aromatic heterocycles. The zero-order chi connectivity index (χ0) is 66.7. The number of aryl methyl sites for hydroxylation is 1. The van der Waals surface area contributed by atoms with Crippen LogP contribution in [0.5, 0.6) is 11.5 Å². The maximum absolute atomic E-state index is 13.9. The van der Waals surface area contributed by atoms with Crippen LogP contribution in [-0.4, -0.2) is 243 Å². The van der Waals surface area contributed by atoms with Crippen LogP contribution >= 0.6 is 0 Å². The van der Waals surface area contributed by atoms with E-state index in [-0.39, 0.29) is 51.4 Å². The van der Waals surface area contributed by atoms with Gasteiger partial charge >= 0.3 is 29.8 Å². The number of rotatable bonds is 37. The summed E-state index contributed by atoms with van der Waals surface area (Å²) in [5.41, 5.74) is 0.190. The highest BCUT2D eigenvalue weighted by Gasteiger charge is 2.31. The van der Waals surface area contributed by atoms with Crippen molar-refractivity contribution in [3.05, 3.63) is 95.1 Å². The van der Waals surface area contributed by atoms with Crippen molar-refractivity contribution in [1.29, 1.82) is 0 Å². The number of ether oxygens (including phenoxy) is 13. The molecular formula is C69H108N4O18. The van der Waals surface area contributed by atoms with Crippen molar-refractivity contribution in [2.45, 2.75) is 137 Å². The van der Waals surface area contributed by atoms with Gasteiger partial charge in [-0.2, -0.15) is 0 Å². The van der Waals surface area contributed by atoms with Crippen molar-refractivity contribution >= 4 is 29.8 Å². The molecule has 1 heterocycles. The largest absolute Gasteiger partial charge is 0.494 e. The van der Waals surface area contributed by atoms with E-state index >= 15 is 0 Å². The third-order valence-electron chi connectivity index (χ3n) is 13.4. The fraction of sp³-hybridized carbons (Fsp3) is 0.667. The van der Waals surface area contributed by atoms with E-state index in [9.17, 15) is 24.0 Å². The first kappa shape index (κ1) is 77.7. The molecule has 4 rings (SSSR count). The number of esters is 5. The second kappa shape index (κ2) is 41.0. The fourth-order valence-corrected chi connectivity index (χ4v) is 9.43. The Balaban J connectivity index is 1.47. The molecule has 1 atom stereocenters. The topological polar surface area (TPSA) is 218 Å². The van der Waals surface area contributed by atoms with Crippen molar-refractivity contribution in [1.82, 2.24) is 19.6 Å². The van der Waals surface area contributed by atoms with Crippen LogP contribution in [0.4, 0.5) is 0 Å². The lowest BCUT2D eigenvalue weighted by molar-refractivity contribution is -0.160. The predicted octanol–water partition coefficient (Wildman–Crippen LogP) is 7.66. The summed E-state index contributed by atoms with van der Waals surface area (Å²) in [5.74, 6) is -0.862. The molecule has 22 heteroatoms. The summed E-state index contributed by atoms with van der Waals surface area (Å²) < 4.78 is 74.4. The molecule has 1 aliphatic rings. The van der Waals surface area contributed by atoms with Gasteiger partial charge in [0, 0.05) is 59.0 Å². The maximum Gasteiger partial charge on any atom is 0.338 e. The third-order valence-corrected chi connectivity index (χ3v) is 13.4. The summed E-state index contributed by atoms with van der Waals surface area (Å²) in [5, 5.41) is 0. The molecule has 0 radical (unpaired) electrons. The lowest BCUT2D eigenvalue weighted by Crippen LogP contribution is -2.54. The predicted molar refractivity (Wildman–Crippen MR) is 345 cm³/mol. The van der Waals surface area contributed by atoms with Crippen molar-refractivity contribution in [3.8, 4) is 11.5 Å². The molecule has 22 nitrogen and oxygen atoms in total. The van der Waals surface area contributed by atoms with Gasteiger partial charge in [0.25, 0.3) is 0 Å². The lowest BCUT2D eigenvalue weighted by atomic mass is 10.0. The summed E-state index contributed by atoms with van der Waals surface area (Å²) >= 11 is 0. The SMILES string of the molecule is COCCOCCOCCOCCOCCOCCOc1cc(C(=O)OCc2ccccc2)ccc1CCCOc1ccc(C[C@H]2CN(CC(=O)OC(C)(C)C)CCN(CC(=O)OC(C)(C)C)CCN(CC(=O)OC(C)(C)C)CCN2CC(=O)OC(C)(C)C)cc1. The van der Waals surface area contributed by atoms with Crippen LogP contribution in [0.15, 0.2) is 72.8 Å². The molecule has 91 heavy (non-hydrogen) atoms. The van der Waals surface area contributed by atoms with E-state index in [1.54, 1.807) is 19.2 Å². The van der Waals surface area contributed by atoms with Crippen molar-refractivity contribution in [3.63, 3.8) is 0 Å². The molecule has 0 unspecified atom stereocenters. The van der Waals surface area contributed by atoms with Gasteiger partial charge in [0.15, 0.2) is 0 Å². The molecule has 1 aliphatic heterocycles. The molecule has 0 bridgehead atoms. The molecule has 0 aliphatic carbocycles. The van der Waals surface area contributed by atoms with E-state index in [1.807, 2.05) is 158 Å². The second-order valence-corrected chi connectivity index (χ2v) is 26.3. The molecule has 0 amide bonds. The van der Waals surface area contributed by atoms with Gasteiger partial charge in [-0.05, 0) is 143 Å². The number of methoxy groups -OCH3 is 1. The van der Waals surface area contributed by atoms with Crippen LogP contribution in [0.2, 0.25) is 0 Å². The molecule has 0 spiro atoms. The van der Waals surface area contributed by atoms with Gasteiger partial charge in [-0.1, -0.05) is 48.5 Å². The standard InChI is InChI=1S/C69H108N4O18/c1-66(2,3)88-61(74)49-70-27-28-71(50-62(75)89-67(4,5)6)31-32-73(52-64(77)91-69(10,11)12)58(48-72(30-29-70)51-63(76)90-68(7,8)9)46-54-21-25-59(26-22-54)85-33-17-20-56-23-24-57(65(78)87-53-55-18-15-14-16-19-55)47-60(56)86-45-44-84-43-42-83-41-40-82-39-38-81-37-36-80-35-34-79-13/h14-16,18-19,21-26,47,58H,17,20,27-46,48-53H2,1-13H3/t58-/m0/s1. The van der Waals surface area contributed by atoms with Crippen LogP contribution < -0.4 is 9.47 Å². The minimum absolute atomic E-state index is 0.00469. The zero-order valence-electron chi connectivity index (χ0n) is 56.9. The number of benzene rings is 3. The van der Waals surface area contributed by atoms with Gasteiger partial charge in [-0.3, -0.25) is 38.8 Å². The van der Waals surface area contributed by atoms with E-state index in [4.69, 9.17) is 61.6 Å². The van der Waals surface area contributed by atoms with E-state index in [2.05, 4.69) is 4.90 Å². The number of hydrogen-bond acceptors (Lipinski definition) is 22. The van der Waals surface area contributed by atoms with Gasteiger partial charge < -0.3 is 61.6 Å². The molecule has 1 fully saturated rings. The van der Waals surface area contributed by atoms with Gasteiger partial charge in [-0.15, -0.1) is 0 Å². The Labute approximate surface area is 541 Å². The van der Waals surface area contributed by atoms with Crippen molar-refractivity contribution < 1.29 is 85.6 Å². The van der Waals surface area contributed by atoms with Crippen LogP contribution in [0.3, 0.4) is 0 Å². The zero-order valence-corrected chi connectivity index (χ0v) is 56.9. The monoisotopic (exact) mass is 1280 g/mol. The van der Waals surface area contributed by atoms with Crippen LogP contribution in [0, 0.1) is 0 Å². The first-order valence-corrected chi connectivity index (χ1v) is 32.0. The van der Waals surface area contributed by atoms with Gasteiger partial charge in [0.1, 0.15) is 47.1 Å². The smallest absolute Gasteiger partial charge is 0.338 e. The number of hydrogen-bond donors (Lipinski definition) is 0. The van der Waals surface area contributed by atoms with Gasteiger partial charge in [-0.25, -0.2) is 4.79 Å². The Morgan fingerprint density at radius 3 is 1.37 bits per heavy atom. The summed E-state index contributed by atoms with van der Waals surface area (Å²) in [6, 6.07) is 22.3. The number of carbonyl (C=O) groups excluding carboxylic acids is 5. The summed E-state index contributed by atoms with van der Waals surface area (Å²) in [6.07, 6.45) is 1.67. The third kappa shape index (κ3) is 36.9. The lowest BCUT2D eigenvalue weighted by Gasteiger charge is -2.39. The number of nitrogens with zero attached hydrogens (tertiary/aromatic N) is 4. The van der Waals surface area contributed by atoms with Gasteiger partial charge in [0.2, 0.25) is 0 Å². The average molecular weight is 1280 g/mol. The Morgan fingerprint density at radius 2 is 0.890 bits per heavy atom. The summed E-state index contributed by atoms with van der Waals surface area (Å²) in [4.78, 5) is 75.8. The Kier molecular flexibility index (Phi) is 35.0. The normalized spacial score (nSPS) is 15.5. The molecule has 0 saturated carbocycles. The van der Waals surface area contributed by atoms with E-state index in [1.165, 1.54) is 0 Å². The highest BCUT2D eigenvalue weighted by Crippen LogP contribution is 2.25. The second-order valence-electron chi connectivity index (χ2n) is 26.3. The molecule has 512 valence electrons. The average Bonchev–Trinajstić information content (AvgIpc) is 2.03. The van der Waals surface area contributed by atoms with Crippen LogP contribution in [0.25, 0.3) is 0 Å². The van der Waals surface area contributed by atoms with Crippen molar-refractivity contribution in [2.24, 2.45) is 0 Å². The Bertz CT molecular complexity index is 2560. The van der Waals surface area contributed by atoms with E-state index < -0.39 is 46.3 Å². The first-order valence-electron chi connectivity index (χ1n) is 32.0. The van der Waals surface area contributed by atoms with E-state index in [0.29, 0.717) is 161 Å². The fourth-order valence-electron chi connectivity index (χ4n) is 9.43. The van der Waals surface area contributed by atoms with Crippen LogP contribution in [0.1, 0.15) is 117 Å². The minimum Gasteiger partial charge on any atom is -0.494 e. The number of carbonyl (C=O) groups is 5. The Hall–Kier alpha value is -5.79. The highest BCUT2D eigenvalue weighted by molar-refractivity contribution is 5.90. The summed E-state index contributed by atoms with van der Waals surface area (Å²) in [7, 11) is 1.63. The molecule has 3 aromatic carbocycles. The maximum atomic E-state index is 13.9. The molecule has 0 N–H and O–H groups in total. The quantitative estimate of drug-likeness (QED) is 0.0307. The molecular weight excluding hydrogens is 1170 g/mol. The minimum atomic E-state index is -0.750. The highest BCUT2D eigenvalue weighted by atomic mass is 16.6. The summed E-state index contributed by atoms with van der Waals surface area (Å²) in [6.45, 7) is 30.1. The Morgan fingerprint density at radius 1 is 0.451 bits per heavy atom. The van der Waals surface area contributed by atoms with Gasteiger partial charge in [0.05, 0.1) is 111 Å². The molecule has 1 saturated heterocycles. The van der Waals surface area contributed by atoms with Crippen LogP contribution in [-0.2, 0) is 90.7 Å².